The molecule has 0 saturated carbocycles. The van der Waals surface area contributed by atoms with E-state index in [0.717, 1.165) is 18.2 Å². The number of nitrogens with two attached hydrogens (primary N) is 1. The van der Waals surface area contributed by atoms with Crippen molar-refractivity contribution in [2.75, 3.05) is 6.61 Å². The number of hydrogen-bond donors (Lipinski definition) is 3. The number of halogens is 3. The molecule has 0 heterocycles. The minimum absolute atomic E-state index is 0.0269. The Morgan fingerprint density at radius 2 is 1.76 bits per heavy atom. The van der Waals surface area contributed by atoms with Crippen molar-refractivity contribution in [3.63, 3.8) is 0 Å². The predicted molar refractivity (Wildman–Crippen MR) is 82.7 cm³/mol. The number of carbonyl (C=O) groups is 1. The van der Waals surface area contributed by atoms with Crippen LogP contribution in [-0.2, 0) is 11.2 Å². The molecule has 0 bridgehead atoms. The minimum Gasteiger partial charge on any atom is -0.508 e. The molecule has 134 valence electrons. The van der Waals surface area contributed by atoms with E-state index in [1.165, 1.54) is 6.07 Å². The molecule has 2 aromatic rings. The molecule has 1 unspecified atom stereocenters. The lowest BCUT2D eigenvalue weighted by molar-refractivity contribution is 0.0474. The van der Waals surface area contributed by atoms with E-state index in [2.05, 4.69) is 0 Å². The highest BCUT2D eigenvalue weighted by atomic mass is 19.2. The summed E-state index contributed by atoms with van der Waals surface area (Å²) in [5.74, 6) is -4.78. The van der Waals surface area contributed by atoms with Gasteiger partial charge in [-0.2, -0.15) is 0 Å². The SMILES string of the molecule is NC(CCc1cc(F)c(F)cc1F)COC(=O)c1cc(O)ccc1O. The van der Waals surface area contributed by atoms with Crippen molar-refractivity contribution in [2.45, 2.75) is 18.9 Å². The smallest absolute Gasteiger partial charge is 0.342 e. The van der Waals surface area contributed by atoms with Gasteiger partial charge in [-0.05, 0) is 42.7 Å². The Kier molecular flexibility index (Phi) is 5.87. The standard InChI is InChI=1S/C17H16F3NO4/c18-13-7-15(20)14(19)5-9(13)1-2-10(21)8-25-17(24)12-6-11(22)3-4-16(12)23/h3-7,10,22-23H,1-2,8,21H2. The molecule has 8 heteroatoms. The van der Waals surface area contributed by atoms with E-state index in [4.69, 9.17) is 10.5 Å². The molecule has 0 aliphatic rings. The summed E-state index contributed by atoms with van der Waals surface area (Å²) >= 11 is 0. The van der Waals surface area contributed by atoms with Gasteiger partial charge in [-0.15, -0.1) is 0 Å². The van der Waals surface area contributed by atoms with Gasteiger partial charge in [-0.25, -0.2) is 18.0 Å². The first-order valence-electron chi connectivity index (χ1n) is 7.36. The number of esters is 1. The first-order chi connectivity index (χ1) is 11.8. The van der Waals surface area contributed by atoms with E-state index in [-0.39, 0.29) is 42.1 Å². The van der Waals surface area contributed by atoms with Crippen molar-refractivity contribution in [1.82, 2.24) is 0 Å². The molecule has 0 aliphatic heterocycles. The number of benzene rings is 2. The van der Waals surface area contributed by atoms with Gasteiger partial charge in [0.15, 0.2) is 11.6 Å². The summed E-state index contributed by atoms with van der Waals surface area (Å²) < 4.78 is 44.4. The summed E-state index contributed by atoms with van der Waals surface area (Å²) in [5.41, 5.74) is 5.50. The number of aromatic hydroxyl groups is 2. The summed E-state index contributed by atoms with van der Waals surface area (Å²) in [4.78, 5) is 11.8. The topological polar surface area (TPSA) is 92.8 Å². The number of phenols is 2. The van der Waals surface area contributed by atoms with E-state index < -0.39 is 29.5 Å². The molecule has 2 aromatic carbocycles. The molecule has 2 rings (SSSR count). The second kappa shape index (κ2) is 7.89. The van der Waals surface area contributed by atoms with E-state index >= 15 is 0 Å². The zero-order valence-electron chi connectivity index (χ0n) is 13.0. The van der Waals surface area contributed by atoms with Crippen molar-refractivity contribution in [1.29, 1.82) is 0 Å². The Labute approximate surface area is 141 Å². The molecular formula is C17H16F3NO4. The van der Waals surface area contributed by atoms with Crippen molar-refractivity contribution in [2.24, 2.45) is 5.73 Å². The maximum absolute atomic E-state index is 13.5. The second-order valence-corrected chi connectivity index (χ2v) is 5.46. The zero-order chi connectivity index (χ0) is 18.6. The largest absolute Gasteiger partial charge is 0.508 e. The van der Waals surface area contributed by atoms with Crippen LogP contribution in [0.5, 0.6) is 11.5 Å². The first kappa shape index (κ1) is 18.6. The van der Waals surface area contributed by atoms with Crippen LogP contribution in [0.15, 0.2) is 30.3 Å². The van der Waals surface area contributed by atoms with Crippen LogP contribution in [-0.4, -0.2) is 28.8 Å². The minimum atomic E-state index is -1.27. The monoisotopic (exact) mass is 355 g/mol. The lowest BCUT2D eigenvalue weighted by Gasteiger charge is -2.13. The molecule has 25 heavy (non-hydrogen) atoms. The second-order valence-electron chi connectivity index (χ2n) is 5.46. The molecule has 1 atom stereocenters. The molecule has 4 N–H and O–H groups in total. The fraction of sp³-hybridized carbons (Fsp3) is 0.235. The summed E-state index contributed by atoms with van der Waals surface area (Å²) in [5, 5.41) is 18.9. The highest BCUT2D eigenvalue weighted by Crippen LogP contribution is 2.23. The maximum atomic E-state index is 13.5. The van der Waals surface area contributed by atoms with Crippen LogP contribution in [0.4, 0.5) is 13.2 Å². The predicted octanol–water partition coefficient (Wildman–Crippen LogP) is 2.63. The number of rotatable bonds is 6. The van der Waals surface area contributed by atoms with Crippen LogP contribution in [0.1, 0.15) is 22.3 Å². The fourth-order valence-electron chi connectivity index (χ4n) is 2.13. The zero-order valence-corrected chi connectivity index (χ0v) is 13.0. The van der Waals surface area contributed by atoms with Gasteiger partial charge in [0.05, 0.1) is 0 Å². The van der Waals surface area contributed by atoms with Crippen molar-refractivity contribution in [3.8, 4) is 11.5 Å². The normalized spacial score (nSPS) is 12.0. The lowest BCUT2D eigenvalue weighted by Crippen LogP contribution is -2.28. The highest BCUT2D eigenvalue weighted by molar-refractivity contribution is 5.92. The van der Waals surface area contributed by atoms with Crippen LogP contribution in [0.3, 0.4) is 0 Å². The number of phenolic OH excluding ortho intramolecular Hbond substituents is 2. The molecule has 0 fully saturated rings. The molecule has 0 aromatic heterocycles. The van der Waals surface area contributed by atoms with Crippen LogP contribution in [0.2, 0.25) is 0 Å². The quantitative estimate of drug-likeness (QED) is 0.421. The summed E-state index contributed by atoms with van der Waals surface area (Å²) in [6.45, 7) is -0.237. The van der Waals surface area contributed by atoms with Gasteiger partial charge in [0.25, 0.3) is 0 Å². The summed E-state index contributed by atoms with van der Waals surface area (Å²) in [6.07, 6.45) is 0.181. The van der Waals surface area contributed by atoms with Gasteiger partial charge in [-0.3, -0.25) is 0 Å². The lowest BCUT2D eigenvalue weighted by atomic mass is 10.1. The molecule has 0 radical (unpaired) electrons. The third kappa shape index (κ3) is 4.87. The van der Waals surface area contributed by atoms with Gasteiger partial charge in [0.1, 0.15) is 29.5 Å². The summed E-state index contributed by atoms with van der Waals surface area (Å²) in [6, 6.07) is 3.91. The van der Waals surface area contributed by atoms with Crippen LogP contribution >= 0.6 is 0 Å². The van der Waals surface area contributed by atoms with Gasteiger partial charge >= 0.3 is 5.97 Å². The van der Waals surface area contributed by atoms with Crippen molar-refractivity contribution < 1.29 is 32.9 Å². The Morgan fingerprint density at radius 1 is 1.08 bits per heavy atom. The third-order valence-electron chi connectivity index (χ3n) is 3.50. The van der Waals surface area contributed by atoms with Crippen molar-refractivity contribution in [3.05, 3.63) is 58.9 Å². The number of hydrogen-bond acceptors (Lipinski definition) is 5. The first-order valence-corrected chi connectivity index (χ1v) is 7.36. The van der Waals surface area contributed by atoms with Crippen LogP contribution in [0, 0.1) is 17.5 Å². The van der Waals surface area contributed by atoms with Crippen LogP contribution in [0.25, 0.3) is 0 Å². The average Bonchev–Trinajstić information content (AvgIpc) is 2.56. The molecule has 0 spiro atoms. The molecule has 0 saturated heterocycles. The maximum Gasteiger partial charge on any atom is 0.342 e. The Hall–Kier alpha value is -2.74. The van der Waals surface area contributed by atoms with Crippen molar-refractivity contribution >= 4 is 5.97 Å². The number of aryl methyl sites for hydroxylation is 1. The third-order valence-corrected chi connectivity index (χ3v) is 3.50. The van der Waals surface area contributed by atoms with E-state index in [0.29, 0.717) is 6.07 Å². The fourth-order valence-corrected chi connectivity index (χ4v) is 2.13. The average molecular weight is 355 g/mol. The molecule has 5 nitrogen and oxygen atoms in total. The number of ether oxygens (including phenoxy) is 1. The van der Waals surface area contributed by atoms with E-state index in [1.54, 1.807) is 0 Å². The Morgan fingerprint density at radius 3 is 2.48 bits per heavy atom. The molecule has 0 amide bonds. The number of carbonyl (C=O) groups excluding carboxylic acids is 1. The van der Waals surface area contributed by atoms with Gasteiger partial charge in [0.2, 0.25) is 0 Å². The van der Waals surface area contributed by atoms with Gasteiger partial charge in [-0.1, -0.05) is 0 Å². The highest BCUT2D eigenvalue weighted by Gasteiger charge is 2.16. The molecule has 0 aliphatic carbocycles. The van der Waals surface area contributed by atoms with Gasteiger partial charge in [0, 0.05) is 12.1 Å². The van der Waals surface area contributed by atoms with E-state index in [9.17, 15) is 28.2 Å². The Balaban J connectivity index is 1.88. The van der Waals surface area contributed by atoms with Gasteiger partial charge < -0.3 is 20.7 Å². The van der Waals surface area contributed by atoms with E-state index in [1.807, 2.05) is 0 Å². The summed E-state index contributed by atoms with van der Waals surface area (Å²) in [7, 11) is 0. The Bertz CT molecular complexity index is 783. The van der Waals surface area contributed by atoms with Crippen LogP contribution < -0.4 is 5.73 Å². The molecular weight excluding hydrogens is 339 g/mol.